The number of nitrogens with one attached hydrogen (secondary N) is 2. The van der Waals surface area contributed by atoms with Gasteiger partial charge in [0.2, 0.25) is 10.0 Å². The van der Waals surface area contributed by atoms with Crippen LogP contribution in [0.2, 0.25) is 0 Å². The van der Waals surface area contributed by atoms with Crippen molar-refractivity contribution in [2.45, 2.75) is 18.2 Å². The Hall–Kier alpha value is -2.19. The first-order valence-electron chi connectivity index (χ1n) is 5.88. The molecular formula is C12H14N4O3S. The van der Waals surface area contributed by atoms with Gasteiger partial charge in [-0.2, -0.15) is 5.10 Å². The normalized spacial score (nSPS) is 11.3. The first kappa shape index (κ1) is 14.2. The Morgan fingerprint density at radius 3 is 2.50 bits per heavy atom. The third-order valence-corrected chi connectivity index (χ3v) is 3.61. The van der Waals surface area contributed by atoms with Crippen molar-refractivity contribution in [3.05, 3.63) is 41.7 Å². The van der Waals surface area contributed by atoms with Crippen molar-refractivity contribution < 1.29 is 13.2 Å². The molecule has 1 aromatic carbocycles. The number of hydrogen-bond acceptors (Lipinski definition) is 4. The van der Waals surface area contributed by atoms with Crippen LogP contribution in [0, 0.1) is 0 Å². The summed E-state index contributed by atoms with van der Waals surface area (Å²) in [7, 11) is -3.73. The lowest BCUT2D eigenvalue weighted by Crippen LogP contribution is -2.14. The van der Waals surface area contributed by atoms with Gasteiger partial charge in [-0.15, -0.1) is 0 Å². The van der Waals surface area contributed by atoms with E-state index in [-0.39, 0.29) is 16.5 Å². The van der Waals surface area contributed by atoms with E-state index in [9.17, 15) is 13.2 Å². The van der Waals surface area contributed by atoms with Crippen molar-refractivity contribution in [3.63, 3.8) is 0 Å². The molecule has 0 aliphatic heterocycles. The third kappa shape index (κ3) is 3.22. The number of H-pyrrole nitrogens is 1. The van der Waals surface area contributed by atoms with Crippen LogP contribution in [0.1, 0.15) is 23.1 Å². The molecule has 0 aliphatic rings. The van der Waals surface area contributed by atoms with E-state index in [4.69, 9.17) is 5.14 Å². The van der Waals surface area contributed by atoms with E-state index in [1.54, 1.807) is 6.07 Å². The molecule has 0 aliphatic carbocycles. The fraction of sp³-hybridized carbons (Fsp3) is 0.167. The summed E-state index contributed by atoms with van der Waals surface area (Å²) in [5.41, 5.74) is 1.60. The molecule has 8 heteroatoms. The van der Waals surface area contributed by atoms with Gasteiger partial charge in [0.1, 0.15) is 0 Å². The fourth-order valence-corrected chi connectivity index (χ4v) is 2.10. The summed E-state index contributed by atoms with van der Waals surface area (Å²) in [5, 5.41) is 14.2. The molecule has 2 aromatic rings. The van der Waals surface area contributed by atoms with Gasteiger partial charge in [-0.3, -0.25) is 9.89 Å². The summed E-state index contributed by atoms with van der Waals surface area (Å²) in [5.74, 6) is -0.371. The Balaban J connectivity index is 2.12. The minimum atomic E-state index is -3.73. The summed E-state index contributed by atoms with van der Waals surface area (Å²) in [6.45, 7) is 1.95. The van der Waals surface area contributed by atoms with Gasteiger partial charge < -0.3 is 5.32 Å². The molecule has 1 aromatic heterocycles. The maximum atomic E-state index is 11.9. The maximum absolute atomic E-state index is 11.9. The average molecular weight is 294 g/mol. The number of carbonyl (C=O) groups excluding carboxylic acids is 1. The Kier molecular flexibility index (Phi) is 3.86. The van der Waals surface area contributed by atoms with Gasteiger partial charge in [0.05, 0.1) is 4.90 Å². The van der Waals surface area contributed by atoms with E-state index in [0.29, 0.717) is 5.69 Å². The molecule has 0 unspecified atom stereocenters. The van der Waals surface area contributed by atoms with Crippen molar-refractivity contribution in [1.82, 2.24) is 10.2 Å². The number of sulfonamides is 1. The monoisotopic (exact) mass is 294 g/mol. The summed E-state index contributed by atoms with van der Waals surface area (Å²) >= 11 is 0. The number of nitrogens with zero attached hydrogens (tertiary/aromatic N) is 1. The highest BCUT2D eigenvalue weighted by Crippen LogP contribution is 2.13. The quantitative estimate of drug-likeness (QED) is 0.775. The molecule has 2 rings (SSSR count). The predicted molar refractivity (Wildman–Crippen MR) is 73.7 cm³/mol. The van der Waals surface area contributed by atoms with Crippen molar-refractivity contribution in [2.75, 3.05) is 5.32 Å². The van der Waals surface area contributed by atoms with E-state index < -0.39 is 10.0 Å². The largest absolute Gasteiger partial charge is 0.321 e. The molecule has 0 fully saturated rings. The fourth-order valence-electron chi connectivity index (χ4n) is 1.58. The lowest BCUT2D eigenvalue weighted by Gasteiger charge is -2.04. The van der Waals surface area contributed by atoms with E-state index in [1.165, 1.54) is 24.3 Å². The van der Waals surface area contributed by atoms with Gasteiger partial charge in [-0.25, -0.2) is 13.6 Å². The average Bonchev–Trinajstić information content (AvgIpc) is 2.87. The topological polar surface area (TPSA) is 118 Å². The van der Waals surface area contributed by atoms with Gasteiger partial charge in [-0.1, -0.05) is 6.92 Å². The Morgan fingerprint density at radius 1 is 1.35 bits per heavy atom. The number of aromatic nitrogens is 2. The first-order chi connectivity index (χ1) is 9.40. The summed E-state index contributed by atoms with van der Waals surface area (Å²) in [6.07, 6.45) is 0.753. The highest BCUT2D eigenvalue weighted by molar-refractivity contribution is 7.89. The summed E-state index contributed by atoms with van der Waals surface area (Å²) in [6, 6.07) is 7.24. The van der Waals surface area contributed by atoms with Gasteiger partial charge in [0.15, 0.2) is 5.69 Å². The first-order valence-corrected chi connectivity index (χ1v) is 7.43. The van der Waals surface area contributed by atoms with Crippen LogP contribution in [0.4, 0.5) is 5.69 Å². The molecule has 7 nitrogen and oxygen atoms in total. The maximum Gasteiger partial charge on any atom is 0.276 e. The number of hydrogen-bond donors (Lipinski definition) is 3. The van der Waals surface area contributed by atoms with E-state index in [2.05, 4.69) is 15.5 Å². The zero-order valence-electron chi connectivity index (χ0n) is 10.8. The van der Waals surface area contributed by atoms with Crippen LogP contribution in [-0.4, -0.2) is 24.5 Å². The smallest absolute Gasteiger partial charge is 0.276 e. The van der Waals surface area contributed by atoms with Gasteiger partial charge in [0.25, 0.3) is 5.91 Å². The Morgan fingerprint density at radius 2 is 2.00 bits per heavy atom. The molecule has 4 N–H and O–H groups in total. The standard InChI is InChI=1S/C12H14N4O3S/c1-2-8-7-11(16-15-8)12(17)14-9-3-5-10(6-4-9)20(13,18)19/h3-7H,2H2,1H3,(H,14,17)(H,15,16)(H2,13,18,19). The second-order valence-corrected chi connectivity index (χ2v) is 5.72. The molecule has 0 radical (unpaired) electrons. The molecule has 0 saturated carbocycles. The number of aryl methyl sites for hydroxylation is 1. The number of rotatable bonds is 4. The Labute approximate surface area is 116 Å². The molecule has 1 amide bonds. The van der Waals surface area contributed by atoms with E-state index in [1.807, 2.05) is 6.92 Å². The van der Waals surface area contributed by atoms with Gasteiger partial charge >= 0.3 is 0 Å². The molecule has 106 valence electrons. The van der Waals surface area contributed by atoms with Crippen LogP contribution in [0.3, 0.4) is 0 Å². The van der Waals surface area contributed by atoms with E-state index in [0.717, 1.165) is 12.1 Å². The number of carbonyl (C=O) groups is 1. The third-order valence-electron chi connectivity index (χ3n) is 2.69. The highest BCUT2D eigenvalue weighted by Gasteiger charge is 2.11. The van der Waals surface area contributed by atoms with Gasteiger partial charge in [-0.05, 0) is 36.8 Å². The number of amides is 1. The molecule has 0 bridgehead atoms. The van der Waals surface area contributed by atoms with Crippen molar-refractivity contribution in [3.8, 4) is 0 Å². The molecule has 0 spiro atoms. The summed E-state index contributed by atoms with van der Waals surface area (Å²) in [4.78, 5) is 11.9. The molecule has 20 heavy (non-hydrogen) atoms. The van der Waals surface area contributed by atoms with Crippen LogP contribution >= 0.6 is 0 Å². The Bertz CT molecular complexity index is 719. The molecule has 0 saturated heterocycles. The minimum absolute atomic E-state index is 0.0106. The molecular weight excluding hydrogens is 280 g/mol. The minimum Gasteiger partial charge on any atom is -0.321 e. The zero-order chi connectivity index (χ0) is 14.8. The number of nitrogens with two attached hydrogens (primary N) is 1. The highest BCUT2D eigenvalue weighted by atomic mass is 32.2. The zero-order valence-corrected chi connectivity index (χ0v) is 11.6. The second kappa shape index (κ2) is 5.43. The van der Waals surface area contributed by atoms with Crippen molar-refractivity contribution in [1.29, 1.82) is 0 Å². The number of benzene rings is 1. The van der Waals surface area contributed by atoms with Crippen molar-refractivity contribution >= 4 is 21.6 Å². The summed E-state index contributed by atoms with van der Waals surface area (Å²) < 4.78 is 22.2. The van der Waals surface area contributed by atoms with Crippen LogP contribution in [0.15, 0.2) is 35.2 Å². The van der Waals surface area contributed by atoms with Crippen LogP contribution in [0.5, 0.6) is 0 Å². The van der Waals surface area contributed by atoms with Gasteiger partial charge in [0, 0.05) is 11.4 Å². The second-order valence-electron chi connectivity index (χ2n) is 4.16. The molecule has 1 heterocycles. The van der Waals surface area contributed by atoms with Crippen LogP contribution in [0.25, 0.3) is 0 Å². The van der Waals surface area contributed by atoms with Crippen molar-refractivity contribution in [2.24, 2.45) is 5.14 Å². The number of primary sulfonamides is 1. The SMILES string of the molecule is CCc1cc(C(=O)Nc2ccc(S(N)(=O)=O)cc2)n[nH]1. The molecule has 0 atom stereocenters. The lowest BCUT2D eigenvalue weighted by molar-refractivity contribution is 0.102. The van der Waals surface area contributed by atoms with Crippen LogP contribution < -0.4 is 10.5 Å². The van der Waals surface area contributed by atoms with Crippen LogP contribution in [-0.2, 0) is 16.4 Å². The van der Waals surface area contributed by atoms with E-state index >= 15 is 0 Å². The lowest BCUT2D eigenvalue weighted by atomic mass is 10.3. The number of anilines is 1. The number of aromatic amines is 1. The predicted octanol–water partition coefficient (Wildman–Crippen LogP) is 0.872.